The van der Waals surface area contributed by atoms with Crippen molar-refractivity contribution in [1.82, 2.24) is 0 Å². The molecule has 10 rings (SSSR count). The fourth-order valence-corrected chi connectivity index (χ4v) is 8.36. The Bertz CT molecular complexity index is 2910. The molecule has 0 aliphatic carbocycles. The summed E-state index contributed by atoms with van der Waals surface area (Å²) in [6.07, 6.45) is 0. The van der Waals surface area contributed by atoms with E-state index in [4.69, 9.17) is 0 Å². The van der Waals surface area contributed by atoms with Crippen molar-refractivity contribution in [2.24, 2.45) is 0 Å². The van der Waals surface area contributed by atoms with Gasteiger partial charge in [-0.2, -0.15) is 0 Å². The second-order valence-corrected chi connectivity index (χ2v) is 14.9. The van der Waals surface area contributed by atoms with Gasteiger partial charge in [0.05, 0.1) is 0 Å². The summed E-state index contributed by atoms with van der Waals surface area (Å²) in [4.78, 5) is 2.33. The van der Waals surface area contributed by atoms with Gasteiger partial charge in [-0.05, 0) is 126 Å². The summed E-state index contributed by atoms with van der Waals surface area (Å²) in [5.74, 6) is 0. The maximum absolute atomic E-state index is 2.36. The van der Waals surface area contributed by atoms with Crippen LogP contribution in [0, 0.1) is 0 Å². The van der Waals surface area contributed by atoms with Gasteiger partial charge >= 0.3 is 0 Å². The molecular weight excluding hydrogens is 711 g/mol. The van der Waals surface area contributed by atoms with Crippen molar-refractivity contribution in [3.05, 3.63) is 249 Å². The molecule has 0 saturated carbocycles. The summed E-state index contributed by atoms with van der Waals surface area (Å²) in [6, 6.07) is 89.7. The summed E-state index contributed by atoms with van der Waals surface area (Å²) < 4.78 is 0. The molecule has 1 nitrogen and oxygen atoms in total. The molecule has 59 heavy (non-hydrogen) atoms. The largest absolute Gasteiger partial charge is 0.311 e. The van der Waals surface area contributed by atoms with Gasteiger partial charge in [0.25, 0.3) is 0 Å². The van der Waals surface area contributed by atoms with Crippen LogP contribution in [0.25, 0.3) is 77.5 Å². The summed E-state index contributed by atoms with van der Waals surface area (Å²) in [5.41, 5.74) is 17.8. The quantitative estimate of drug-likeness (QED) is 0.142. The predicted molar refractivity (Wildman–Crippen MR) is 251 cm³/mol. The first kappa shape index (κ1) is 35.7. The zero-order valence-corrected chi connectivity index (χ0v) is 32.6. The molecule has 0 aliphatic heterocycles. The number of benzene rings is 10. The monoisotopic (exact) mass is 751 g/mol. The van der Waals surface area contributed by atoms with Crippen LogP contribution in [0.1, 0.15) is 0 Å². The maximum atomic E-state index is 2.36. The van der Waals surface area contributed by atoms with Crippen LogP contribution in [0.4, 0.5) is 17.1 Å². The first-order valence-corrected chi connectivity index (χ1v) is 20.3. The second kappa shape index (κ2) is 16.0. The SMILES string of the molecule is c1ccc(-c2cc(-c3ccccc3)c(-c3ccc(-c4ccc(N(c5ccccc5)c5ccc(-c6cccc7ccccc67)cc5)cc4)cc3)c(-c3ccccc3)c2)cc1. The number of nitrogens with zero attached hydrogens (tertiary/aromatic N) is 1. The molecule has 0 amide bonds. The molecule has 278 valence electrons. The minimum absolute atomic E-state index is 1.10. The third-order valence-electron chi connectivity index (χ3n) is 11.3. The number of rotatable bonds is 9. The van der Waals surface area contributed by atoms with Crippen LogP contribution in [0.3, 0.4) is 0 Å². The van der Waals surface area contributed by atoms with Crippen molar-refractivity contribution >= 4 is 27.8 Å². The number of hydrogen-bond acceptors (Lipinski definition) is 1. The van der Waals surface area contributed by atoms with Gasteiger partial charge in [-0.25, -0.2) is 0 Å². The number of fused-ring (bicyclic) bond motifs is 1. The van der Waals surface area contributed by atoms with Crippen molar-refractivity contribution in [2.45, 2.75) is 0 Å². The van der Waals surface area contributed by atoms with E-state index in [0.717, 1.165) is 17.1 Å². The van der Waals surface area contributed by atoms with E-state index in [9.17, 15) is 0 Å². The summed E-state index contributed by atoms with van der Waals surface area (Å²) in [6.45, 7) is 0. The van der Waals surface area contributed by atoms with Crippen LogP contribution in [0.15, 0.2) is 249 Å². The Kier molecular flexibility index (Phi) is 9.68. The standard InChI is InChI=1S/C58H41N/c1-5-16-42(17-6-1)50-40-56(46-18-7-2-8-19-46)58(57(41-50)47-20-9-3-10-21-47)49-30-28-43(29-31-49)44-32-36-52(37-33-44)59(51-24-11-4-12-25-51)53-38-34-48(35-39-53)55-27-15-23-45-22-13-14-26-54(45)55/h1-41H. The van der Waals surface area contributed by atoms with E-state index in [-0.39, 0.29) is 0 Å². The van der Waals surface area contributed by atoms with Gasteiger partial charge in [0.2, 0.25) is 0 Å². The van der Waals surface area contributed by atoms with E-state index in [2.05, 4.69) is 254 Å². The highest BCUT2D eigenvalue weighted by atomic mass is 15.1. The lowest BCUT2D eigenvalue weighted by Gasteiger charge is -2.26. The molecule has 10 aromatic rings. The molecule has 10 aromatic carbocycles. The lowest BCUT2D eigenvalue weighted by atomic mass is 9.84. The molecule has 0 aliphatic rings. The number of hydrogen-bond donors (Lipinski definition) is 0. The summed E-state index contributed by atoms with van der Waals surface area (Å²) in [7, 11) is 0. The Morgan fingerprint density at radius 2 is 0.593 bits per heavy atom. The van der Waals surface area contributed by atoms with Gasteiger partial charge in [-0.1, -0.05) is 200 Å². The zero-order valence-electron chi connectivity index (χ0n) is 32.6. The lowest BCUT2D eigenvalue weighted by molar-refractivity contribution is 1.28. The van der Waals surface area contributed by atoms with Gasteiger partial charge in [0, 0.05) is 17.1 Å². The third kappa shape index (κ3) is 7.23. The Labute approximate surface area is 346 Å². The van der Waals surface area contributed by atoms with Crippen molar-refractivity contribution in [2.75, 3.05) is 4.90 Å². The molecule has 0 heterocycles. The Morgan fingerprint density at radius 3 is 1.15 bits per heavy atom. The fourth-order valence-electron chi connectivity index (χ4n) is 8.36. The van der Waals surface area contributed by atoms with Crippen LogP contribution in [-0.2, 0) is 0 Å². The average molecular weight is 752 g/mol. The van der Waals surface area contributed by atoms with Crippen LogP contribution in [0.2, 0.25) is 0 Å². The van der Waals surface area contributed by atoms with E-state index >= 15 is 0 Å². The summed E-state index contributed by atoms with van der Waals surface area (Å²) in [5, 5.41) is 2.52. The number of anilines is 3. The van der Waals surface area contributed by atoms with Crippen LogP contribution >= 0.6 is 0 Å². The smallest absolute Gasteiger partial charge is 0.0462 e. The average Bonchev–Trinajstić information content (AvgIpc) is 3.33. The predicted octanol–water partition coefficient (Wildman–Crippen LogP) is 16.3. The molecule has 0 unspecified atom stereocenters. The van der Waals surface area contributed by atoms with Gasteiger partial charge < -0.3 is 4.90 Å². The fraction of sp³-hybridized carbons (Fsp3) is 0. The van der Waals surface area contributed by atoms with E-state index < -0.39 is 0 Å². The van der Waals surface area contributed by atoms with Crippen molar-refractivity contribution in [3.8, 4) is 66.8 Å². The normalized spacial score (nSPS) is 11.1. The molecular formula is C58H41N. The summed E-state index contributed by atoms with van der Waals surface area (Å²) >= 11 is 0. The van der Waals surface area contributed by atoms with Gasteiger partial charge in [0.15, 0.2) is 0 Å². The van der Waals surface area contributed by atoms with Gasteiger partial charge in [-0.3, -0.25) is 0 Å². The van der Waals surface area contributed by atoms with E-state index in [1.54, 1.807) is 0 Å². The molecule has 0 radical (unpaired) electrons. The molecule has 0 atom stereocenters. The lowest BCUT2D eigenvalue weighted by Crippen LogP contribution is -2.09. The van der Waals surface area contributed by atoms with Crippen molar-refractivity contribution < 1.29 is 0 Å². The molecule has 0 fully saturated rings. The zero-order chi connectivity index (χ0) is 39.4. The second-order valence-electron chi connectivity index (χ2n) is 14.9. The van der Waals surface area contributed by atoms with Crippen LogP contribution in [-0.4, -0.2) is 0 Å². The first-order chi connectivity index (χ1) is 29.3. The highest BCUT2D eigenvalue weighted by Crippen LogP contribution is 2.44. The van der Waals surface area contributed by atoms with Gasteiger partial charge in [0.1, 0.15) is 0 Å². The van der Waals surface area contributed by atoms with Crippen LogP contribution in [0.5, 0.6) is 0 Å². The minimum atomic E-state index is 1.10. The topological polar surface area (TPSA) is 3.24 Å². The molecule has 0 aromatic heterocycles. The first-order valence-electron chi connectivity index (χ1n) is 20.3. The Hall–Kier alpha value is -7.74. The van der Waals surface area contributed by atoms with E-state index in [1.165, 1.54) is 77.5 Å². The maximum Gasteiger partial charge on any atom is 0.0462 e. The number of para-hydroxylation sites is 1. The Morgan fingerprint density at radius 1 is 0.220 bits per heavy atom. The highest BCUT2D eigenvalue weighted by molar-refractivity contribution is 5.99. The Balaban J connectivity index is 1.01. The van der Waals surface area contributed by atoms with Crippen molar-refractivity contribution in [1.29, 1.82) is 0 Å². The third-order valence-corrected chi connectivity index (χ3v) is 11.3. The van der Waals surface area contributed by atoms with Crippen molar-refractivity contribution in [3.63, 3.8) is 0 Å². The minimum Gasteiger partial charge on any atom is -0.311 e. The highest BCUT2D eigenvalue weighted by Gasteiger charge is 2.18. The van der Waals surface area contributed by atoms with Crippen LogP contribution < -0.4 is 4.90 Å². The van der Waals surface area contributed by atoms with Gasteiger partial charge in [-0.15, -0.1) is 0 Å². The van der Waals surface area contributed by atoms with E-state index in [1.807, 2.05) is 0 Å². The van der Waals surface area contributed by atoms with E-state index in [0.29, 0.717) is 0 Å². The molecule has 0 spiro atoms. The molecule has 0 N–H and O–H groups in total. The molecule has 0 saturated heterocycles. The molecule has 1 heteroatoms. The molecule has 0 bridgehead atoms.